The highest BCUT2D eigenvalue weighted by molar-refractivity contribution is 5.85. The van der Waals surface area contributed by atoms with Crippen molar-refractivity contribution in [2.24, 2.45) is 10.8 Å². The van der Waals surface area contributed by atoms with E-state index in [9.17, 15) is 4.79 Å². The lowest BCUT2D eigenvalue weighted by atomic mass is 9.73. The molecule has 0 aromatic carbocycles. The van der Waals surface area contributed by atoms with Gasteiger partial charge in [0.05, 0.1) is 5.41 Å². The highest BCUT2D eigenvalue weighted by atomic mass is 16.1. The van der Waals surface area contributed by atoms with Gasteiger partial charge in [0.2, 0.25) is 0 Å². The lowest BCUT2D eigenvalue weighted by Gasteiger charge is -2.29. The molecule has 0 fully saturated rings. The molecule has 1 heteroatoms. The van der Waals surface area contributed by atoms with Crippen molar-refractivity contribution in [3.63, 3.8) is 0 Å². The molecule has 0 bridgehead atoms. The van der Waals surface area contributed by atoms with Gasteiger partial charge in [-0.25, -0.2) is 0 Å². The lowest BCUT2D eigenvalue weighted by molar-refractivity contribution is -0.124. The van der Waals surface area contributed by atoms with Gasteiger partial charge >= 0.3 is 0 Å². The van der Waals surface area contributed by atoms with Crippen molar-refractivity contribution in [1.82, 2.24) is 0 Å². The molecule has 0 aliphatic rings. The molecular formula is C12H20O. The third-order valence-corrected chi connectivity index (χ3v) is 2.06. The van der Waals surface area contributed by atoms with Gasteiger partial charge in [-0.1, -0.05) is 26.7 Å². The number of carbonyl (C=O) groups excluding carboxylic acids is 1. The topological polar surface area (TPSA) is 17.1 Å². The molecule has 0 aliphatic carbocycles. The number of hydrogen-bond donors (Lipinski definition) is 0. The van der Waals surface area contributed by atoms with E-state index < -0.39 is 5.41 Å². The number of Topliss-reactive ketones (excluding diaryl/α,β-unsaturated/α-hetero) is 1. The standard InChI is InChI=1S/C12H20O/c1-7-8-12(6,10(2)13)9-11(3,4)5/h9H2,1-6H3. The molecule has 0 spiro atoms. The Bertz CT molecular complexity index is 247. The van der Waals surface area contributed by atoms with E-state index in [0.717, 1.165) is 6.42 Å². The number of rotatable bonds is 2. The van der Waals surface area contributed by atoms with E-state index in [1.165, 1.54) is 0 Å². The van der Waals surface area contributed by atoms with E-state index in [-0.39, 0.29) is 11.2 Å². The summed E-state index contributed by atoms with van der Waals surface area (Å²) in [5, 5.41) is 0. The first-order valence-electron chi connectivity index (χ1n) is 4.66. The summed E-state index contributed by atoms with van der Waals surface area (Å²) < 4.78 is 0. The van der Waals surface area contributed by atoms with Crippen LogP contribution in [0, 0.1) is 22.7 Å². The predicted octanol–water partition coefficient (Wildman–Crippen LogP) is 3.04. The van der Waals surface area contributed by atoms with Crippen LogP contribution in [-0.2, 0) is 4.79 Å². The van der Waals surface area contributed by atoms with Crippen LogP contribution in [-0.4, -0.2) is 5.78 Å². The van der Waals surface area contributed by atoms with Crippen LogP contribution in [0.4, 0.5) is 0 Å². The molecular weight excluding hydrogens is 160 g/mol. The molecule has 74 valence electrons. The highest BCUT2D eigenvalue weighted by Crippen LogP contribution is 2.33. The maximum absolute atomic E-state index is 11.4. The summed E-state index contributed by atoms with van der Waals surface area (Å²) in [6.07, 6.45) is 0.816. The summed E-state index contributed by atoms with van der Waals surface area (Å²) in [6.45, 7) is 11.7. The molecule has 1 nitrogen and oxygen atoms in total. The summed E-state index contributed by atoms with van der Waals surface area (Å²) in [5.41, 5.74) is -0.322. The van der Waals surface area contributed by atoms with E-state index in [1.54, 1.807) is 13.8 Å². The van der Waals surface area contributed by atoms with Crippen LogP contribution in [0.25, 0.3) is 0 Å². The zero-order chi connectivity index (χ0) is 10.7. The minimum absolute atomic E-state index is 0.143. The Morgan fingerprint density at radius 3 is 1.92 bits per heavy atom. The second kappa shape index (κ2) is 3.96. The number of ketones is 1. The molecule has 0 N–H and O–H groups in total. The smallest absolute Gasteiger partial charge is 0.147 e. The number of carbonyl (C=O) groups is 1. The van der Waals surface area contributed by atoms with Gasteiger partial charge in [0.15, 0.2) is 0 Å². The molecule has 13 heavy (non-hydrogen) atoms. The van der Waals surface area contributed by atoms with Gasteiger partial charge in [0, 0.05) is 0 Å². The van der Waals surface area contributed by atoms with Crippen molar-refractivity contribution in [2.75, 3.05) is 0 Å². The van der Waals surface area contributed by atoms with Gasteiger partial charge in [-0.3, -0.25) is 4.79 Å². The molecule has 0 saturated carbocycles. The zero-order valence-corrected chi connectivity index (χ0v) is 9.62. The Kier molecular flexibility index (Phi) is 3.72. The second-order valence-electron chi connectivity index (χ2n) is 5.00. The monoisotopic (exact) mass is 180 g/mol. The summed E-state index contributed by atoms with van der Waals surface area (Å²) in [5.74, 6) is 6.02. The fraction of sp³-hybridized carbons (Fsp3) is 0.750. The average molecular weight is 180 g/mol. The van der Waals surface area contributed by atoms with Gasteiger partial charge in [0.1, 0.15) is 5.78 Å². The van der Waals surface area contributed by atoms with Crippen LogP contribution >= 0.6 is 0 Å². The molecule has 0 aliphatic heterocycles. The zero-order valence-electron chi connectivity index (χ0n) is 9.62. The summed E-state index contributed by atoms with van der Waals surface area (Å²) in [6, 6.07) is 0. The molecule has 0 saturated heterocycles. The minimum atomic E-state index is -0.465. The molecule has 0 radical (unpaired) electrons. The summed E-state index contributed by atoms with van der Waals surface area (Å²) in [4.78, 5) is 11.4. The number of hydrogen-bond acceptors (Lipinski definition) is 1. The highest BCUT2D eigenvalue weighted by Gasteiger charge is 2.32. The maximum Gasteiger partial charge on any atom is 0.147 e. The van der Waals surface area contributed by atoms with E-state index in [4.69, 9.17) is 0 Å². The Labute approximate surface area is 81.9 Å². The first-order chi connectivity index (χ1) is 5.71. The third kappa shape index (κ3) is 4.12. The van der Waals surface area contributed by atoms with E-state index in [0.29, 0.717) is 0 Å². The van der Waals surface area contributed by atoms with Crippen molar-refractivity contribution >= 4 is 5.78 Å². The van der Waals surface area contributed by atoms with Crippen molar-refractivity contribution < 1.29 is 4.79 Å². The largest absolute Gasteiger partial charge is 0.298 e. The van der Waals surface area contributed by atoms with Crippen LogP contribution in [0.1, 0.15) is 48.0 Å². The van der Waals surface area contributed by atoms with Crippen LogP contribution < -0.4 is 0 Å². The van der Waals surface area contributed by atoms with Gasteiger partial charge in [-0.15, -0.1) is 5.92 Å². The minimum Gasteiger partial charge on any atom is -0.298 e. The fourth-order valence-electron chi connectivity index (χ4n) is 1.59. The third-order valence-electron chi connectivity index (χ3n) is 2.06. The molecule has 0 aromatic heterocycles. The van der Waals surface area contributed by atoms with Crippen molar-refractivity contribution in [2.45, 2.75) is 48.0 Å². The van der Waals surface area contributed by atoms with Crippen LogP contribution in [0.3, 0.4) is 0 Å². The molecule has 0 heterocycles. The van der Waals surface area contributed by atoms with Crippen LogP contribution in [0.2, 0.25) is 0 Å². The van der Waals surface area contributed by atoms with Gasteiger partial charge in [0.25, 0.3) is 0 Å². The first kappa shape index (κ1) is 12.2. The fourth-order valence-corrected chi connectivity index (χ4v) is 1.59. The summed E-state index contributed by atoms with van der Waals surface area (Å²) in [7, 11) is 0. The van der Waals surface area contributed by atoms with Gasteiger partial charge in [-0.05, 0) is 32.6 Å². The molecule has 1 atom stereocenters. The summed E-state index contributed by atoms with van der Waals surface area (Å²) >= 11 is 0. The first-order valence-corrected chi connectivity index (χ1v) is 4.66. The quantitative estimate of drug-likeness (QED) is 0.597. The van der Waals surface area contributed by atoms with Crippen LogP contribution in [0.15, 0.2) is 0 Å². The molecule has 0 aromatic rings. The predicted molar refractivity (Wildman–Crippen MR) is 56.3 cm³/mol. The van der Waals surface area contributed by atoms with Gasteiger partial charge in [-0.2, -0.15) is 0 Å². The molecule has 0 rings (SSSR count). The Balaban J connectivity index is 4.79. The molecule has 1 unspecified atom stereocenters. The van der Waals surface area contributed by atoms with E-state index in [2.05, 4.69) is 32.6 Å². The van der Waals surface area contributed by atoms with Crippen molar-refractivity contribution in [3.05, 3.63) is 0 Å². The van der Waals surface area contributed by atoms with Crippen molar-refractivity contribution in [3.8, 4) is 11.8 Å². The Morgan fingerprint density at radius 2 is 1.69 bits per heavy atom. The second-order valence-corrected chi connectivity index (χ2v) is 5.00. The Morgan fingerprint density at radius 1 is 1.23 bits per heavy atom. The maximum atomic E-state index is 11.4. The SMILES string of the molecule is CC#CC(C)(CC(C)(C)C)C(C)=O. The average Bonchev–Trinajstić information content (AvgIpc) is 1.82. The van der Waals surface area contributed by atoms with E-state index >= 15 is 0 Å². The molecule has 0 amide bonds. The van der Waals surface area contributed by atoms with Crippen LogP contribution in [0.5, 0.6) is 0 Å². The van der Waals surface area contributed by atoms with Gasteiger partial charge < -0.3 is 0 Å². The lowest BCUT2D eigenvalue weighted by Crippen LogP contribution is -2.29. The van der Waals surface area contributed by atoms with Crippen molar-refractivity contribution in [1.29, 1.82) is 0 Å². The Hall–Kier alpha value is -0.770. The normalized spacial score (nSPS) is 15.5. The van der Waals surface area contributed by atoms with E-state index in [1.807, 2.05) is 6.92 Å².